The van der Waals surface area contributed by atoms with Crippen LogP contribution in [0.4, 0.5) is 5.69 Å². The fourth-order valence-corrected chi connectivity index (χ4v) is 1.51. The van der Waals surface area contributed by atoms with Crippen LogP contribution in [0.5, 0.6) is 0 Å². The van der Waals surface area contributed by atoms with Crippen LogP contribution in [0.2, 0.25) is 0 Å². The quantitative estimate of drug-likeness (QED) is 0.664. The summed E-state index contributed by atoms with van der Waals surface area (Å²) in [6, 6.07) is 7.52. The van der Waals surface area contributed by atoms with E-state index in [1.165, 1.54) is 0 Å². The summed E-state index contributed by atoms with van der Waals surface area (Å²) in [5.41, 5.74) is 6.99. The van der Waals surface area contributed by atoms with Gasteiger partial charge in [0.05, 0.1) is 13.1 Å². The second-order valence-corrected chi connectivity index (χ2v) is 3.49. The highest BCUT2D eigenvalue weighted by Gasteiger charge is 2.07. The van der Waals surface area contributed by atoms with E-state index in [2.05, 4.69) is 15.6 Å². The highest BCUT2D eigenvalue weighted by molar-refractivity contribution is 6.00. The first-order chi connectivity index (χ1) is 7.79. The molecule has 0 spiro atoms. The van der Waals surface area contributed by atoms with Crippen molar-refractivity contribution in [3.8, 4) is 0 Å². The van der Waals surface area contributed by atoms with Gasteiger partial charge < -0.3 is 16.4 Å². The summed E-state index contributed by atoms with van der Waals surface area (Å²) in [6.07, 6.45) is 0. The predicted molar refractivity (Wildman–Crippen MR) is 63.5 cm³/mol. The molecule has 2 rings (SSSR count). The number of hydrogen-bond acceptors (Lipinski definition) is 4. The topological polar surface area (TPSA) is 79.5 Å². The molecule has 0 bridgehead atoms. The Bertz CT molecular complexity index is 410. The third kappa shape index (κ3) is 2.38. The molecule has 0 aliphatic carbocycles. The maximum absolute atomic E-state index is 11.1. The third-order valence-electron chi connectivity index (χ3n) is 2.30. The van der Waals surface area contributed by atoms with Crippen LogP contribution >= 0.6 is 0 Å². The van der Waals surface area contributed by atoms with E-state index in [1.807, 2.05) is 24.3 Å². The van der Waals surface area contributed by atoms with Crippen molar-refractivity contribution in [3.63, 3.8) is 0 Å². The largest absolute Gasteiger partial charge is 0.368 e. The van der Waals surface area contributed by atoms with Crippen LogP contribution in [0, 0.1) is 0 Å². The van der Waals surface area contributed by atoms with Gasteiger partial charge in [-0.05, 0) is 24.3 Å². The molecule has 84 valence electrons. The van der Waals surface area contributed by atoms with E-state index in [9.17, 15) is 4.79 Å². The average molecular weight is 218 g/mol. The van der Waals surface area contributed by atoms with Crippen LogP contribution in [0.25, 0.3) is 0 Å². The number of aliphatic imine (C=N–C) groups is 1. The second kappa shape index (κ2) is 4.76. The first kappa shape index (κ1) is 10.6. The molecular formula is C11H14N4O. The maximum Gasteiger partial charge on any atom is 0.238 e. The SMILES string of the molecule is NCC(=O)Nc1ccc(C2=NCCN2)cc1. The summed E-state index contributed by atoms with van der Waals surface area (Å²) in [5, 5.41) is 5.87. The third-order valence-corrected chi connectivity index (χ3v) is 2.30. The van der Waals surface area contributed by atoms with E-state index in [-0.39, 0.29) is 12.5 Å². The van der Waals surface area contributed by atoms with E-state index in [4.69, 9.17) is 5.73 Å². The van der Waals surface area contributed by atoms with E-state index < -0.39 is 0 Å². The van der Waals surface area contributed by atoms with Gasteiger partial charge in [0, 0.05) is 17.8 Å². The Morgan fingerprint density at radius 2 is 2.19 bits per heavy atom. The molecule has 5 nitrogen and oxygen atoms in total. The lowest BCUT2D eigenvalue weighted by Gasteiger charge is -2.05. The molecule has 5 heteroatoms. The first-order valence-electron chi connectivity index (χ1n) is 5.18. The molecule has 1 aromatic rings. The minimum atomic E-state index is -0.191. The zero-order valence-electron chi connectivity index (χ0n) is 8.86. The predicted octanol–water partition coefficient (Wildman–Crippen LogP) is -0.0664. The standard InChI is InChI=1S/C11H14N4O/c12-7-10(16)15-9-3-1-8(2-4-9)11-13-5-6-14-11/h1-4H,5-7,12H2,(H,13,14)(H,15,16). The second-order valence-electron chi connectivity index (χ2n) is 3.49. The van der Waals surface area contributed by atoms with E-state index in [0.717, 1.165) is 30.2 Å². The van der Waals surface area contributed by atoms with Crippen LogP contribution < -0.4 is 16.4 Å². The van der Waals surface area contributed by atoms with E-state index >= 15 is 0 Å². The molecular weight excluding hydrogens is 204 g/mol. The average Bonchev–Trinajstić information content (AvgIpc) is 2.83. The van der Waals surface area contributed by atoms with Gasteiger partial charge >= 0.3 is 0 Å². The molecule has 16 heavy (non-hydrogen) atoms. The Kier molecular flexibility index (Phi) is 3.16. The van der Waals surface area contributed by atoms with Crippen LogP contribution in [0.1, 0.15) is 5.56 Å². The maximum atomic E-state index is 11.1. The molecule has 4 N–H and O–H groups in total. The molecule has 1 amide bonds. The lowest BCUT2D eigenvalue weighted by molar-refractivity contribution is -0.114. The Labute approximate surface area is 93.7 Å². The molecule has 0 aromatic heterocycles. The van der Waals surface area contributed by atoms with E-state index in [1.54, 1.807) is 0 Å². The minimum Gasteiger partial charge on any atom is -0.368 e. The molecule has 0 unspecified atom stereocenters. The lowest BCUT2D eigenvalue weighted by atomic mass is 10.2. The summed E-state index contributed by atoms with van der Waals surface area (Å²) in [7, 11) is 0. The Morgan fingerprint density at radius 1 is 1.44 bits per heavy atom. The van der Waals surface area contributed by atoms with Crippen molar-refractivity contribution in [2.24, 2.45) is 10.7 Å². The van der Waals surface area contributed by atoms with Crippen molar-refractivity contribution in [1.82, 2.24) is 5.32 Å². The highest BCUT2D eigenvalue weighted by Crippen LogP contribution is 2.10. The van der Waals surface area contributed by atoms with Crippen LogP contribution in [-0.2, 0) is 4.79 Å². The zero-order valence-corrected chi connectivity index (χ0v) is 8.86. The highest BCUT2D eigenvalue weighted by atomic mass is 16.1. The number of amidine groups is 1. The Hall–Kier alpha value is -1.88. The van der Waals surface area contributed by atoms with Gasteiger partial charge in [-0.15, -0.1) is 0 Å². The number of benzene rings is 1. The number of rotatable bonds is 3. The monoisotopic (exact) mass is 218 g/mol. The van der Waals surface area contributed by atoms with Crippen molar-refractivity contribution in [2.75, 3.05) is 25.0 Å². The van der Waals surface area contributed by atoms with Gasteiger partial charge in [0.15, 0.2) is 0 Å². The number of nitrogens with two attached hydrogens (primary N) is 1. The van der Waals surface area contributed by atoms with Gasteiger partial charge in [-0.3, -0.25) is 9.79 Å². The molecule has 1 aliphatic heterocycles. The summed E-state index contributed by atoms with van der Waals surface area (Å²) >= 11 is 0. The molecule has 0 saturated carbocycles. The summed E-state index contributed by atoms with van der Waals surface area (Å²) in [4.78, 5) is 15.4. The van der Waals surface area contributed by atoms with Gasteiger partial charge in [-0.1, -0.05) is 0 Å². The smallest absolute Gasteiger partial charge is 0.238 e. The van der Waals surface area contributed by atoms with Gasteiger partial charge in [0.2, 0.25) is 5.91 Å². The number of amides is 1. The number of carbonyl (C=O) groups is 1. The fourth-order valence-electron chi connectivity index (χ4n) is 1.51. The number of nitrogens with one attached hydrogen (secondary N) is 2. The normalized spacial score (nSPS) is 14.2. The van der Waals surface area contributed by atoms with Crippen molar-refractivity contribution in [2.45, 2.75) is 0 Å². The Morgan fingerprint density at radius 3 is 2.75 bits per heavy atom. The first-order valence-corrected chi connectivity index (χ1v) is 5.18. The molecule has 1 aromatic carbocycles. The molecule has 1 heterocycles. The van der Waals surface area contributed by atoms with Crippen LogP contribution in [0.15, 0.2) is 29.3 Å². The van der Waals surface area contributed by atoms with Gasteiger partial charge in [0.25, 0.3) is 0 Å². The molecule has 0 radical (unpaired) electrons. The van der Waals surface area contributed by atoms with Crippen LogP contribution in [0.3, 0.4) is 0 Å². The summed E-state index contributed by atoms with van der Waals surface area (Å²) in [6.45, 7) is 1.71. The van der Waals surface area contributed by atoms with Crippen molar-refractivity contribution >= 4 is 17.4 Å². The van der Waals surface area contributed by atoms with Gasteiger partial charge in [-0.25, -0.2) is 0 Å². The number of carbonyl (C=O) groups excluding carboxylic acids is 1. The number of hydrogen-bond donors (Lipinski definition) is 3. The molecule has 0 saturated heterocycles. The molecule has 1 aliphatic rings. The van der Waals surface area contributed by atoms with E-state index in [0.29, 0.717) is 0 Å². The van der Waals surface area contributed by atoms with Crippen molar-refractivity contribution in [1.29, 1.82) is 0 Å². The van der Waals surface area contributed by atoms with Crippen molar-refractivity contribution < 1.29 is 4.79 Å². The van der Waals surface area contributed by atoms with Crippen LogP contribution in [-0.4, -0.2) is 31.4 Å². The van der Waals surface area contributed by atoms with Gasteiger partial charge in [0.1, 0.15) is 5.84 Å². The Balaban J connectivity index is 2.07. The molecule has 0 atom stereocenters. The minimum absolute atomic E-state index is 0.00395. The fraction of sp³-hybridized carbons (Fsp3) is 0.273. The summed E-state index contributed by atoms with van der Waals surface area (Å²) in [5.74, 6) is 0.723. The number of anilines is 1. The summed E-state index contributed by atoms with van der Waals surface area (Å²) < 4.78 is 0. The lowest BCUT2D eigenvalue weighted by Crippen LogP contribution is -2.22. The molecule has 0 fully saturated rings. The zero-order chi connectivity index (χ0) is 11.4. The van der Waals surface area contributed by atoms with Gasteiger partial charge in [-0.2, -0.15) is 0 Å². The number of nitrogens with zero attached hydrogens (tertiary/aromatic N) is 1. The van der Waals surface area contributed by atoms with Crippen molar-refractivity contribution in [3.05, 3.63) is 29.8 Å².